The van der Waals surface area contributed by atoms with Crippen LogP contribution in [-0.4, -0.2) is 32.3 Å². The Balaban J connectivity index is 3.46. The van der Waals surface area contributed by atoms with E-state index in [4.69, 9.17) is 10.5 Å². The van der Waals surface area contributed by atoms with Gasteiger partial charge in [0, 0.05) is 20.2 Å². The minimum absolute atomic E-state index is 0.437. The van der Waals surface area contributed by atoms with Crippen molar-refractivity contribution < 1.29 is 4.74 Å². The quantitative estimate of drug-likeness (QED) is 0.360. The fourth-order valence-corrected chi connectivity index (χ4v) is 1.57. The Morgan fingerprint density at radius 2 is 1.94 bits per heavy atom. The smallest absolute Gasteiger partial charge is 0.188 e. The van der Waals surface area contributed by atoms with Crippen LogP contribution in [0.25, 0.3) is 0 Å². The SMILES string of the molecule is CCCC(CCC)OCCCNC(N)=NC. The zero-order valence-electron chi connectivity index (χ0n) is 11.0. The molecule has 0 saturated heterocycles. The summed E-state index contributed by atoms with van der Waals surface area (Å²) in [6.07, 6.45) is 6.13. The van der Waals surface area contributed by atoms with Gasteiger partial charge in [-0.15, -0.1) is 0 Å². The average Bonchev–Trinajstić information content (AvgIpc) is 2.28. The van der Waals surface area contributed by atoms with Gasteiger partial charge in [-0.05, 0) is 19.3 Å². The van der Waals surface area contributed by atoms with E-state index >= 15 is 0 Å². The lowest BCUT2D eigenvalue weighted by atomic mass is 10.1. The first-order valence-corrected chi connectivity index (χ1v) is 6.32. The lowest BCUT2D eigenvalue weighted by Crippen LogP contribution is -2.32. The summed E-state index contributed by atoms with van der Waals surface area (Å²) in [5.74, 6) is 0.499. The maximum absolute atomic E-state index is 5.82. The first-order valence-electron chi connectivity index (χ1n) is 6.32. The largest absolute Gasteiger partial charge is 0.378 e. The van der Waals surface area contributed by atoms with Crippen LogP contribution in [0.5, 0.6) is 0 Å². The number of nitrogens with zero attached hydrogens (tertiary/aromatic N) is 1. The van der Waals surface area contributed by atoms with Crippen LogP contribution in [0.15, 0.2) is 4.99 Å². The summed E-state index contributed by atoms with van der Waals surface area (Å²) in [4.78, 5) is 3.82. The Hall–Kier alpha value is -0.770. The molecule has 0 spiro atoms. The number of nitrogens with two attached hydrogens (primary N) is 1. The van der Waals surface area contributed by atoms with E-state index in [1.807, 2.05) is 0 Å². The van der Waals surface area contributed by atoms with E-state index < -0.39 is 0 Å². The van der Waals surface area contributed by atoms with Gasteiger partial charge < -0.3 is 15.8 Å². The molecule has 0 atom stereocenters. The molecule has 0 rings (SSSR count). The molecule has 0 amide bonds. The molecular formula is C12H27N3O. The summed E-state index contributed by atoms with van der Waals surface area (Å²) in [6, 6.07) is 0. The lowest BCUT2D eigenvalue weighted by molar-refractivity contribution is 0.0398. The Kier molecular flexibility index (Phi) is 10.2. The summed E-state index contributed by atoms with van der Waals surface area (Å²) in [5.41, 5.74) is 5.51. The molecule has 0 aromatic rings. The second-order valence-corrected chi connectivity index (χ2v) is 3.96. The molecule has 96 valence electrons. The van der Waals surface area contributed by atoms with E-state index in [0.717, 1.165) is 19.6 Å². The molecule has 0 radical (unpaired) electrons. The summed E-state index contributed by atoms with van der Waals surface area (Å²) in [5, 5.41) is 3.02. The van der Waals surface area contributed by atoms with E-state index in [2.05, 4.69) is 24.2 Å². The number of aliphatic imine (C=N–C) groups is 1. The van der Waals surface area contributed by atoms with Crippen molar-refractivity contribution in [2.24, 2.45) is 10.7 Å². The van der Waals surface area contributed by atoms with Gasteiger partial charge in [-0.25, -0.2) is 0 Å². The van der Waals surface area contributed by atoms with Gasteiger partial charge in [0.25, 0.3) is 0 Å². The normalized spacial score (nSPS) is 12.1. The number of hydrogen-bond acceptors (Lipinski definition) is 2. The molecule has 0 aromatic heterocycles. The van der Waals surface area contributed by atoms with Crippen LogP contribution in [0.4, 0.5) is 0 Å². The Morgan fingerprint density at radius 1 is 1.31 bits per heavy atom. The van der Waals surface area contributed by atoms with Crippen LogP contribution in [0.2, 0.25) is 0 Å². The Bertz CT molecular complexity index is 177. The molecule has 0 aliphatic rings. The lowest BCUT2D eigenvalue weighted by Gasteiger charge is -2.16. The van der Waals surface area contributed by atoms with Gasteiger partial charge >= 0.3 is 0 Å². The number of guanidine groups is 1. The maximum atomic E-state index is 5.82. The van der Waals surface area contributed by atoms with E-state index in [9.17, 15) is 0 Å². The fourth-order valence-electron chi connectivity index (χ4n) is 1.57. The van der Waals surface area contributed by atoms with E-state index in [0.29, 0.717) is 12.1 Å². The number of rotatable bonds is 9. The molecule has 4 nitrogen and oxygen atoms in total. The average molecular weight is 229 g/mol. The van der Waals surface area contributed by atoms with Gasteiger partial charge in [0.2, 0.25) is 0 Å². The number of nitrogens with one attached hydrogen (secondary N) is 1. The van der Waals surface area contributed by atoms with E-state index in [1.54, 1.807) is 7.05 Å². The highest BCUT2D eigenvalue weighted by Gasteiger charge is 2.05. The van der Waals surface area contributed by atoms with Crippen LogP contribution < -0.4 is 11.1 Å². The first kappa shape index (κ1) is 15.2. The van der Waals surface area contributed by atoms with Crippen LogP contribution in [-0.2, 0) is 4.74 Å². The van der Waals surface area contributed by atoms with Crippen molar-refractivity contribution in [1.29, 1.82) is 0 Å². The monoisotopic (exact) mass is 229 g/mol. The molecule has 3 N–H and O–H groups in total. The van der Waals surface area contributed by atoms with Crippen LogP contribution in [0, 0.1) is 0 Å². The second kappa shape index (κ2) is 10.7. The fraction of sp³-hybridized carbons (Fsp3) is 0.917. The predicted molar refractivity (Wildman–Crippen MR) is 69.7 cm³/mol. The minimum atomic E-state index is 0.437. The third-order valence-electron chi connectivity index (χ3n) is 2.44. The van der Waals surface area contributed by atoms with Crippen LogP contribution in [0.1, 0.15) is 46.0 Å². The van der Waals surface area contributed by atoms with Crippen molar-refractivity contribution in [3.05, 3.63) is 0 Å². The maximum Gasteiger partial charge on any atom is 0.188 e. The van der Waals surface area contributed by atoms with Gasteiger partial charge in [-0.3, -0.25) is 4.99 Å². The van der Waals surface area contributed by atoms with Gasteiger partial charge in [0.05, 0.1) is 6.10 Å². The summed E-state index contributed by atoms with van der Waals surface area (Å²) >= 11 is 0. The van der Waals surface area contributed by atoms with E-state index in [-0.39, 0.29) is 0 Å². The molecule has 0 aliphatic carbocycles. The van der Waals surface area contributed by atoms with Crippen molar-refractivity contribution in [3.8, 4) is 0 Å². The molecule has 0 unspecified atom stereocenters. The number of ether oxygens (including phenoxy) is 1. The Labute approximate surface area is 99.7 Å². The van der Waals surface area contributed by atoms with Crippen LogP contribution >= 0.6 is 0 Å². The molecule has 0 aromatic carbocycles. The van der Waals surface area contributed by atoms with Crippen molar-refractivity contribution in [1.82, 2.24) is 5.32 Å². The zero-order chi connectivity index (χ0) is 12.2. The standard InChI is InChI=1S/C12H27N3O/c1-4-7-11(8-5-2)16-10-6-9-15-12(13)14-3/h11H,4-10H2,1-3H3,(H3,13,14,15). The molecule has 4 heteroatoms. The topological polar surface area (TPSA) is 59.6 Å². The van der Waals surface area contributed by atoms with Gasteiger partial charge in [-0.2, -0.15) is 0 Å². The predicted octanol–water partition coefficient (Wildman–Crippen LogP) is 1.90. The second-order valence-electron chi connectivity index (χ2n) is 3.96. The van der Waals surface area contributed by atoms with Gasteiger partial charge in [0.15, 0.2) is 5.96 Å². The highest BCUT2D eigenvalue weighted by molar-refractivity contribution is 5.77. The minimum Gasteiger partial charge on any atom is -0.378 e. The van der Waals surface area contributed by atoms with Crippen molar-refractivity contribution in [2.75, 3.05) is 20.2 Å². The molecular weight excluding hydrogens is 202 g/mol. The molecule has 16 heavy (non-hydrogen) atoms. The van der Waals surface area contributed by atoms with E-state index in [1.165, 1.54) is 25.7 Å². The molecule has 0 fully saturated rings. The van der Waals surface area contributed by atoms with Crippen molar-refractivity contribution in [2.45, 2.75) is 52.1 Å². The molecule has 0 heterocycles. The highest BCUT2D eigenvalue weighted by atomic mass is 16.5. The Morgan fingerprint density at radius 3 is 2.44 bits per heavy atom. The molecule has 0 bridgehead atoms. The molecule has 0 aliphatic heterocycles. The summed E-state index contributed by atoms with van der Waals surface area (Å²) in [6.45, 7) is 6.03. The van der Waals surface area contributed by atoms with Crippen molar-refractivity contribution in [3.63, 3.8) is 0 Å². The first-order chi connectivity index (χ1) is 7.74. The number of hydrogen-bond donors (Lipinski definition) is 2. The summed E-state index contributed by atoms with van der Waals surface area (Å²) in [7, 11) is 1.68. The van der Waals surface area contributed by atoms with Crippen molar-refractivity contribution >= 4 is 5.96 Å². The zero-order valence-corrected chi connectivity index (χ0v) is 11.0. The summed E-state index contributed by atoms with van der Waals surface area (Å²) < 4.78 is 5.82. The molecule has 0 saturated carbocycles. The highest BCUT2D eigenvalue weighted by Crippen LogP contribution is 2.09. The third-order valence-corrected chi connectivity index (χ3v) is 2.44. The van der Waals surface area contributed by atoms with Gasteiger partial charge in [-0.1, -0.05) is 26.7 Å². The van der Waals surface area contributed by atoms with Crippen LogP contribution in [0.3, 0.4) is 0 Å². The van der Waals surface area contributed by atoms with Gasteiger partial charge in [0.1, 0.15) is 0 Å². The third kappa shape index (κ3) is 8.53.